The molecule has 1 fully saturated rings. The van der Waals surface area contributed by atoms with Crippen LogP contribution in [0.15, 0.2) is 52.5 Å². The first-order chi connectivity index (χ1) is 13.9. The molecule has 0 atom stereocenters. The van der Waals surface area contributed by atoms with E-state index < -0.39 is 17.8 Å². The summed E-state index contributed by atoms with van der Waals surface area (Å²) in [6.45, 7) is 1.65. The number of halogens is 2. The van der Waals surface area contributed by atoms with E-state index in [9.17, 15) is 14.4 Å². The molecule has 150 valence electrons. The van der Waals surface area contributed by atoms with Crippen LogP contribution in [0.4, 0.5) is 5.69 Å². The lowest BCUT2D eigenvalue weighted by molar-refractivity contribution is -0.145. The molecule has 0 unspecified atom stereocenters. The number of hydrazine groups is 1. The van der Waals surface area contributed by atoms with Gasteiger partial charge < -0.3 is 9.47 Å². The molecular weight excluding hydrogens is 464 g/mol. The Morgan fingerprint density at radius 1 is 1.24 bits per heavy atom. The molecule has 1 aliphatic heterocycles. The number of rotatable bonds is 6. The monoisotopic (exact) mass is 478 g/mol. The van der Waals surface area contributed by atoms with Crippen molar-refractivity contribution >= 4 is 57.1 Å². The standard InChI is InChI=1S/C20H16BrClN2O5/c1-2-28-18(25)11-29-17-7-6-13(21)8-12(17)9-16-19(26)23-24(20(16)27)15-5-3-4-14(22)10-15/h3-10H,2,11H2,1H3,(H,23,26). The third kappa shape index (κ3) is 4.96. The van der Waals surface area contributed by atoms with E-state index in [2.05, 4.69) is 21.4 Å². The Hall–Kier alpha value is -2.84. The number of hydrogen-bond donors (Lipinski definition) is 1. The van der Waals surface area contributed by atoms with Crippen LogP contribution in [0.2, 0.25) is 5.02 Å². The first-order valence-electron chi connectivity index (χ1n) is 8.59. The van der Waals surface area contributed by atoms with Crippen molar-refractivity contribution in [1.82, 2.24) is 5.43 Å². The second-order valence-electron chi connectivity index (χ2n) is 5.90. The van der Waals surface area contributed by atoms with Crippen molar-refractivity contribution in [2.24, 2.45) is 0 Å². The zero-order valence-corrected chi connectivity index (χ0v) is 17.6. The molecule has 1 heterocycles. The van der Waals surface area contributed by atoms with Crippen molar-refractivity contribution in [3.8, 4) is 5.75 Å². The van der Waals surface area contributed by atoms with Crippen molar-refractivity contribution in [3.05, 3.63) is 63.1 Å². The molecule has 2 aromatic carbocycles. The second-order valence-corrected chi connectivity index (χ2v) is 7.25. The summed E-state index contributed by atoms with van der Waals surface area (Å²) in [5.74, 6) is -1.29. The predicted molar refractivity (Wildman–Crippen MR) is 111 cm³/mol. The largest absolute Gasteiger partial charge is 0.481 e. The number of nitrogens with one attached hydrogen (secondary N) is 1. The smallest absolute Gasteiger partial charge is 0.344 e. The molecule has 0 spiro atoms. The number of nitrogens with zero attached hydrogens (tertiary/aromatic N) is 1. The SMILES string of the molecule is CCOC(=O)COc1ccc(Br)cc1C=C1C(=O)NN(c2cccc(Cl)c2)C1=O. The van der Waals surface area contributed by atoms with Gasteiger partial charge in [0.1, 0.15) is 11.3 Å². The second kappa shape index (κ2) is 9.11. The lowest BCUT2D eigenvalue weighted by Gasteiger charge is -2.14. The number of ether oxygens (including phenoxy) is 2. The first-order valence-corrected chi connectivity index (χ1v) is 9.77. The lowest BCUT2D eigenvalue weighted by atomic mass is 10.1. The van der Waals surface area contributed by atoms with Gasteiger partial charge in [-0.1, -0.05) is 33.6 Å². The summed E-state index contributed by atoms with van der Waals surface area (Å²) in [4.78, 5) is 36.8. The van der Waals surface area contributed by atoms with E-state index in [1.165, 1.54) is 6.08 Å². The van der Waals surface area contributed by atoms with Gasteiger partial charge in [0, 0.05) is 15.1 Å². The zero-order valence-electron chi connectivity index (χ0n) is 15.3. The van der Waals surface area contributed by atoms with E-state index >= 15 is 0 Å². The summed E-state index contributed by atoms with van der Waals surface area (Å²) in [6.07, 6.45) is 1.41. The zero-order chi connectivity index (χ0) is 21.0. The van der Waals surface area contributed by atoms with Crippen molar-refractivity contribution in [2.45, 2.75) is 6.92 Å². The van der Waals surface area contributed by atoms with E-state index in [-0.39, 0.29) is 18.8 Å². The number of benzene rings is 2. The maximum absolute atomic E-state index is 12.8. The number of hydrogen-bond acceptors (Lipinski definition) is 5. The summed E-state index contributed by atoms with van der Waals surface area (Å²) in [7, 11) is 0. The predicted octanol–water partition coefficient (Wildman–Crippen LogP) is 3.51. The highest BCUT2D eigenvalue weighted by Crippen LogP contribution is 2.28. The van der Waals surface area contributed by atoms with Crippen LogP contribution in [0.1, 0.15) is 12.5 Å². The first kappa shape index (κ1) is 20.9. The molecule has 1 saturated heterocycles. The maximum Gasteiger partial charge on any atom is 0.344 e. The summed E-state index contributed by atoms with van der Waals surface area (Å²) >= 11 is 9.32. The molecule has 3 rings (SSSR count). The molecule has 0 saturated carbocycles. The third-order valence-electron chi connectivity index (χ3n) is 3.88. The van der Waals surface area contributed by atoms with Crippen LogP contribution >= 0.6 is 27.5 Å². The average molecular weight is 480 g/mol. The van der Waals surface area contributed by atoms with Crippen LogP contribution in [-0.4, -0.2) is 31.0 Å². The summed E-state index contributed by atoms with van der Waals surface area (Å²) in [5, 5.41) is 1.56. The van der Waals surface area contributed by atoms with E-state index in [0.29, 0.717) is 26.5 Å². The van der Waals surface area contributed by atoms with Crippen LogP contribution in [0.3, 0.4) is 0 Å². The van der Waals surface area contributed by atoms with E-state index in [1.807, 2.05) is 0 Å². The quantitative estimate of drug-likeness (QED) is 0.389. The Bertz CT molecular complexity index is 1010. The molecule has 9 heteroatoms. The Kier molecular flexibility index (Phi) is 6.56. The minimum absolute atomic E-state index is 0.0796. The van der Waals surface area contributed by atoms with Crippen molar-refractivity contribution < 1.29 is 23.9 Å². The molecular formula is C20H16BrClN2O5. The van der Waals surface area contributed by atoms with Crippen molar-refractivity contribution in [2.75, 3.05) is 18.2 Å². The van der Waals surface area contributed by atoms with Crippen LogP contribution in [0.5, 0.6) is 5.75 Å². The number of carbonyl (C=O) groups is 3. The molecule has 7 nitrogen and oxygen atoms in total. The Labute approximate surface area is 180 Å². The van der Waals surface area contributed by atoms with Gasteiger partial charge >= 0.3 is 5.97 Å². The number of esters is 1. The topological polar surface area (TPSA) is 84.9 Å². The number of carbonyl (C=O) groups excluding carboxylic acids is 3. The van der Waals surface area contributed by atoms with Crippen LogP contribution in [0.25, 0.3) is 6.08 Å². The fourth-order valence-electron chi connectivity index (χ4n) is 2.61. The van der Waals surface area contributed by atoms with Gasteiger partial charge in [-0.15, -0.1) is 0 Å². The van der Waals surface area contributed by atoms with Crippen LogP contribution in [-0.2, 0) is 19.1 Å². The summed E-state index contributed by atoms with van der Waals surface area (Å²) < 4.78 is 11.1. The fourth-order valence-corrected chi connectivity index (χ4v) is 3.18. The van der Waals surface area contributed by atoms with Gasteiger partial charge in [-0.25, -0.2) is 9.80 Å². The molecule has 1 N–H and O–H groups in total. The molecule has 0 radical (unpaired) electrons. The van der Waals surface area contributed by atoms with Gasteiger partial charge in [0.25, 0.3) is 11.8 Å². The van der Waals surface area contributed by atoms with Crippen LogP contribution < -0.4 is 15.2 Å². The summed E-state index contributed by atoms with van der Waals surface area (Å²) in [6, 6.07) is 11.6. The Balaban J connectivity index is 1.89. The third-order valence-corrected chi connectivity index (χ3v) is 4.61. The van der Waals surface area contributed by atoms with Crippen molar-refractivity contribution in [1.29, 1.82) is 0 Å². The van der Waals surface area contributed by atoms with E-state index in [0.717, 1.165) is 5.01 Å². The van der Waals surface area contributed by atoms with Gasteiger partial charge in [0.2, 0.25) is 0 Å². The highest BCUT2D eigenvalue weighted by molar-refractivity contribution is 9.10. The maximum atomic E-state index is 12.8. The van der Waals surface area contributed by atoms with Gasteiger partial charge in [0.05, 0.1) is 12.3 Å². The van der Waals surface area contributed by atoms with Gasteiger partial charge in [-0.05, 0) is 49.4 Å². The van der Waals surface area contributed by atoms with Gasteiger partial charge in [0.15, 0.2) is 6.61 Å². The Morgan fingerprint density at radius 3 is 2.76 bits per heavy atom. The molecule has 2 amide bonds. The Morgan fingerprint density at radius 2 is 2.03 bits per heavy atom. The highest BCUT2D eigenvalue weighted by Gasteiger charge is 2.34. The van der Waals surface area contributed by atoms with Crippen LogP contribution in [0, 0.1) is 0 Å². The molecule has 29 heavy (non-hydrogen) atoms. The van der Waals surface area contributed by atoms with Gasteiger partial charge in [-0.3, -0.25) is 15.0 Å². The number of amides is 2. The molecule has 0 aromatic heterocycles. The average Bonchev–Trinajstić information content (AvgIpc) is 2.96. The fraction of sp³-hybridized carbons (Fsp3) is 0.150. The summed E-state index contributed by atoms with van der Waals surface area (Å²) in [5.41, 5.74) is 3.32. The lowest BCUT2D eigenvalue weighted by Crippen LogP contribution is -2.35. The molecule has 2 aromatic rings. The highest BCUT2D eigenvalue weighted by atomic mass is 79.9. The molecule has 0 bridgehead atoms. The minimum Gasteiger partial charge on any atom is -0.481 e. The van der Waals surface area contributed by atoms with Gasteiger partial charge in [-0.2, -0.15) is 0 Å². The molecule has 1 aliphatic rings. The number of anilines is 1. The molecule has 0 aliphatic carbocycles. The minimum atomic E-state index is -0.564. The van der Waals surface area contributed by atoms with Crippen molar-refractivity contribution in [3.63, 3.8) is 0 Å². The van der Waals surface area contributed by atoms with E-state index in [1.54, 1.807) is 49.4 Å². The van der Waals surface area contributed by atoms with E-state index in [4.69, 9.17) is 21.1 Å². The normalized spacial score (nSPS) is 14.9.